The maximum Gasteiger partial charge on any atom is 0.490 e. The van der Waals surface area contributed by atoms with Crippen LogP contribution in [0.1, 0.15) is 27.7 Å². The van der Waals surface area contributed by atoms with Crippen LogP contribution in [0.4, 0.5) is 26.3 Å². The molecule has 2 fully saturated rings. The predicted molar refractivity (Wildman–Crippen MR) is 118 cm³/mol. The normalized spacial score (nSPS) is 19.4. The summed E-state index contributed by atoms with van der Waals surface area (Å²) >= 11 is 1.64. The highest BCUT2D eigenvalue weighted by Crippen LogP contribution is 2.34. The van der Waals surface area contributed by atoms with Gasteiger partial charge in [-0.3, -0.25) is 9.69 Å². The molecule has 0 bridgehead atoms. The second kappa shape index (κ2) is 12.1. The maximum absolute atomic E-state index is 12.7. The zero-order valence-electron chi connectivity index (χ0n) is 20.3. The number of halogens is 6. The summed E-state index contributed by atoms with van der Waals surface area (Å²) in [5.74, 6) is -3.79. The van der Waals surface area contributed by atoms with Crippen molar-refractivity contribution in [1.82, 2.24) is 19.9 Å². The number of fused-ring (bicyclic) bond motifs is 1. The number of aliphatic carboxylic acids is 2. The monoisotopic (exact) mass is 574 g/mol. The largest absolute Gasteiger partial charge is 0.490 e. The van der Waals surface area contributed by atoms with Gasteiger partial charge in [-0.15, -0.1) is 11.3 Å². The third kappa shape index (κ3) is 8.41. The number of aryl methyl sites for hydroxylation is 3. The molecule has 2 saturated heterocycles. The zero-order valence-corrected chi connectivity index (χ0v) is 21.1. The molecule has 2 aliphatic rings. The number of carboxylic acids is 2. The van der Waals surface area contributed by atoms with Crippen molar-refractivity contribution in [3.63, 3.8) is 0 Å². The molecule has 4 heterocycles. The molecule has 10 nitrogen and oxygen atoms in total. The van der Waals surface area contributed by atoms with Crippen molar-refractivity contribution >= 4 is 29.2 Å². The summed E-state index contributed by atoms with van der Waals surface area (Å²) in [5.41, 5.74) is 3.13. The minimum absolute atomic E-state index is 0.130. The Morgan fingerprint density at radius 2 is 1.58 bits per heavy atom. The van der Waals surface area contributed by atoms with E-state index in [1.165, 1.54) is 0 Å². The Labute approximate surface area is 215 Å². The van der Waals surface area contributed by atoms with Crippen LogP contribution in [0.2, 0.25) is 0 Å². The van der Waals surface area contributed by atoms with Gasteiger partial charge in [-0.25, -0.2) is 14.6 Å². The molecule has 0 aromatic carbocycles. The highest BCUT2D eigenvalue weighted by molar-refractivity contribution is 7.09. The maximum atomic E-state index is 12.7. The van der Waals surface area contributed by atoms with E-state index in [4.69, 9.17) is 24.3 Å². The number of aromatic nitrogens is 2. The lowest BCUT2D eigenvalue weighted by Crippen LogP contribution is -2.32. The second-order valence-corrected chi connectivity index (χ2v) is 9.61. The van der Waals surface area contributed by atoms with E-state index in [0.29, 0.717) is 12.5 Å². The van der Waals surface area contributed by atoms with Crippen LogP contribution in [0.15, 0.2) is 9.90 Å². The van der Waals surface area contributed by atoms with Crippen molar-refractivity contribution in [1.29, 1.82) is 0 Å². The minimum atomic E-state index is -5.08. The van der Waals surface area contributed by atoms with E-state index in [-0.39, 0.29) is 11.8 Å². The van der Waals surface area contributed by atoms with Crippen LogP contribution in [-0.4, -0.2) is 80.0 Å². The van der Waals surface area contributed by atoms with Gasteiger partial charge in [-0.2, -0.15) is 26.3 Å². The van der Waals surface area contributed by atoms with Crippen molar-refractivity contribution in [2.75, 3.05) is 19.6 Å². The molecule has 1 amide bonds. The Kier molecular flexibility index (Phi) is 9.88. The van der Waals surface area contributed by atoms with Crippen molar-refractivity contribution in [2.45, 2.75) is 46.2 Å². The van der Waals surface area contributed by atoms with Gasteiger partial charge < -0.3 is 19.6 Å². The Hall–Kier alpha value is -3.21. The van der Waals surface area contributed by atoms with Crippen LogP contribution in [0.25, 0.3) is 0 Å². The van der Waals surface area contributed by atoms with E-state index >= 15 is 0 Å². The van der Waals surface area contributed by atoms with Gasteiger partial charge in [0.2, 0.25) is 5.91 Å². The Morgan fingerprint density at radius 3 is 1.97 bits per heavy atom. The van der Waals surface area contributed by atoms with Crippen LogP contribution >= 0.6 is 11.3 Å². The first-order valence-electron chi connectivity index (χ1n) is 10.8. The molecule has 38 heavy (non-hydrogen) atoms. The third-order valence-corrected chi connectivity index (χ3v) is 6.49. The van der Waals surface area contributed by atoms with E-state index in [1.54, 1.807) is 11.3 Å². The highest BCUT2D eigenvalue weighted by Gasteiger charge is 2.46. The summed E-state index contributed by atoms with van der Waals surface area (Å²) in [6.45, 7) is 10.1. The van der Waals surface area contributed by atoms with Gasteiger partial charge in [0.05, 0.1) is 28.9 Å². The van der Waals surface area contributed by atoms with Crippen LogP contribution in [0, 0.1) is 32.6 Å². The molecule has 17 heteroatoms. The molecule has 2 aliphatic heterocycles. The van der Waals surface area contributed by atoms with Gasteiger partial charge in [0, 0.05) is 43.0 Å². The van der Waals surface area contributed by atoms with E-state index < -0.39 is 24.3 Å². The average Bonchev–Trinajstić information content (AvgIpc) is 3.52. The van der Waals surface area contributed by atoms with Gasteiger partial charge in [-0.05, 0) is 20.8 Å². The van der Waals surface area contributed by atoms with Crippen molar-refractivity contribution in [3.05, 3.63) is 33.1 Å². The minimum Gasteiger partial charge on any atom is -0.475 e. The first-order valence-corrected chi connectivity index (χ1v) is 11.7. The molecule has 2 aromatic heterocycles. The fourth-order valence-corrected chi connectivity index (χ4v) is 4.54. The SMILES string of the molecule is Cc1nc(CN2C[C@@H]3CN(Cc4c(C)noc4C)C[C@@H]3C2=O)cs1.O=C(O)C(F)(F)F.O=C(O)C(F)(F)F. The Morgan fingerprint density at radius 1 is 1.03 bits per heavy atom. The molecular formula is C21H24F6N4O6S. The number of carbonyl (C=O) groups excluding carboxylic acids is 1. The van der Waals surface area contributed by atoms with Gasteiger partial charge in [-0.1, -0.05) is 5.16 Å². The number of nitrogens with zero attached hydrogens (tertiary/aromatic N) is 4. The lowest BCUT2D eigenvalue weighted by atomic mass is 10.0. The lowest BCUT2D eigenvalue weighted by Gasteiger charge is -2.21. The quantitative estimate of drug-likeness (QED) is 0.527. The number of thiazole rings is 1. The zero-order chi connectivity index (χ0) is 29.0. The van der Waals surface area contributed by atoms with E-state index in [2.05, 4.69) is 20.4 Å². The number of hydrogen-bond donors (Lipinski definition) is 2. The van der Waals surface area contributed by atoms with Gasteiger partial charge in [0.1, 0.15) is 5.76 Å². The third-order valence-electron chi connectivity index (χ3n) is 5.67. The fourth-order valence-electron chi connectivity index (χ4n) is 3.93. The van der Waals surface area contributed by atoms with Crippen LogP contribution in [-0.2, 0) is 27.5 Å². The molecule has 2 aromatic rings. The topological polar surface area (TPSA) is 137 Å². The molecule has 0 spiro atoms. The smallest absolute Gasteiger partial charge is 0.475 e. The molecule has 4 rings (SSSR count). The first kappa shape index (κ1) is 31.0. The van der Waals surface area contributed by atoms with Gasteiger partial charge in [0.25, 0.3) is 0 Å². The van der Waals surface area contributed by atoms with Gasteiger partial charge >= 0.3 is 24.3 Å². The van der Waals surface area contributed by atoms with E-state index in [9.17, 15) is 31.1 Å². The van der Waals surface area contributed by atoms with Crippen LogP contribution in [0.5, 0.6) is 0 Å². The number of carbonyl (C=O) groups is 3. The molecule has 0 radical (unpaired) electrons. The number of amides is 1. The number of hydrogen-bond acceptors (Lipinski definition) is 8. The van der Waals surface area contributed by atoms with E-state index in [1.807, 2.05) is 25.7 Å². The predicted octanol–water partition coefficient (Wildman–Crippen LogP) is 3.41. The standard InChI is InChI=1S/C17H22N4O2S.2C2HF3O2/c1-10-15(11(2)23-19-10)7-20-4-13-5-21(17(22)16(13)8-20)6-14-9-24-12(3)18-14;2*3-2(4,5)1(6)7/h9,13,16H,4-8H2,1-3H3;2*(H,6,7)/t13-,16-;;/m0../s1. The number of likely N-dealkylation sites (tertiary alicyclic amines) is 2. The fraction of sp³-hybridized carbons (Fsp3) is 0.571. The summed E-state index contributed by atoms with van der Waals surface area (Å²) < 4.78 is 68.7. The number of alkyl halides is 6. The van der Waals surface area contributed by atoms with Crippen LogP contribution < -0.4 is 0 Å². The highest BCUT2D eigenvalue weighted by atomic mass is 32.1. The van der Waals surface area contributed by atoms with Crippen molar-refractivity contribution < 1.29 is 55.5 Å². The summed E-state index contributed by atoms with van der Waals surface area (Å²) in [6.07, 6.45) is -10.2. The molecular weight excluding hydrogens is 550 g/mol. The lowest BCUT2D eigenvalue weighted by molar-refractivity contribution is -0.193. The number of rotatable bonds is 4. The van der Waals surface area contributed by atoms with E-state index in [0.717, 1.165) is 53.9 Å². The Balaban J connectivity index is 0.000000301. The average molecular weight is 575 g/mol. The summed E-state index contributed by atoms with van der Waals surface area (Å²) in [4.78, 5) is 39.3. The van der Waals surface area contributed by atoms with Gasteiger partial charge in [0.15, 0.2) is 0 Å². The molecule has 2 atom stereocenters. The first-order chi connectivity index (χ1) is 17.4. The number of carboxylic acid groups (broad SMARTS) is 2. The summed E-state index contributed by atoms with van der Waals surface area (Å²) in [5, 5.41) is 21.4. The molecule has 2 N–H and O–H groups in total. The molecule has 0 aliphatic carbocycles. The second-order valence-electron chi connectivity index (χ2n) is 8.55. The molecule has 0 saturated carbocycles. The van der Waals surface area contributed by atoms with Crippen molar-refractivity contribution in [3.8, 4) is 0 Å². The summed E-state index contributed by atoms with van der Waals surface area (Å²) in [6, 6.07) is 0. The summed E-state index contributed by atoms with van der Waals surface area (Å²) in [7, 11) is 0. The molecule has 212 valence electrons. The molecule has 0 unspecified atom stereocenters. The van der Waals surface area contributed by atoms with Crippen LogP contribution in [0.3, 0.4) is 0 Å². The van der Waals surface area contributed by atoms with Crippen molar-refractivity contribution in [2.24, 2.45) is 11.8 Å². The Bertz CT molecular complexity index is 1100.